The van der Waals surface area contributed by atoms with Crippen LogP contribution in [0.2, 0.25) is 0 Å². The van der Waals surface area contributed by atoms with Crippen LogP contribution >= 0.6 is 0 Å². The molecule has 1 saturated heterocycles. The molecule has 1 fully saturated rings. The summed E-state index contributed by atoms with van der Waals surface area (Å²) in [6.07, 6.45) is 2.01. The second-order valence-electron chi connectivity index (χ2n) is 6.48. The van der Waals surface area contributed by atoms with Gasteiger partial charge >= 0.3 is 0 Å². The first-order chi connectivity index (χ1) is 12.4. The Hall–Kier alpha value is -2.48. The van der Waals surface area contributed by atoms with Crippen LogP contribution in [0, 0.1) is 17.0 Å². The van der Waals surface area contributed by atoms with Crippen LogP contribution in [0.1, 0.15) is 35.7 Å². The zero-order valence-corrected chi connectivity index (χ0v) is 15.4. The first-order valence-electron chi connectivity index (χ1n) is 8.96. The first-order valence-corrected chi connectivity index (χ1v) is 8.96. The van der Waals surface area contributed by atoms with Gasteiger partial charge in [-0.1, -0.05) is 19.4 Å². The smallest absolute Gasteiger partial charge is 0.273 e. The van der Waals surface area contributed by atoms with Gasteiger partial charge < -0.3 is 10.2 Å². The lowest BCUT2D eigenvalue weighted by atomic mass is 10.1. The molecular weight excluding hydrogens is 336 g/mol. The number of rotatable bonds is 7. The normalized spacial score (nSPS) is 14.9. The van der Waals surface area contributed by atoms with Crippen molar-refractivity contribution in [2.75, 3.05) is 39.3 Å². The van der Waals surface area contributed by atoms with Gasteiger partial charge in [0.25, 0.3) is 11.6 Å². The molecule has 1 N–H and O–H groups in total. The summed E-state index contributed by atoms with van der Waals surface area (Å²) in [4.78, 5) is 38.9. The second kappa shape index (κ2) is 9.28. The molecule has 1 aromatic rings. The molecule has 2 rings (SSSR count). The molecule has 0 aliphatic carbocycles. The van der Waals surface area contributed by atoms with E-state index in [1.54, 1.807) is 17.9 Å². The quantitative estimate of drug-likeness (QED) is 0.451. The average molecular weight is 362 g/mol. The lowest BCUT2D eigenvalue weighted by Crippen LogP contribution is -2.51. The third-order valence-corrected chi connectivity index (χ3v) is 4.61. The molecule has 0 bridgehead atoms. The summed E-state index contributed by atoms with van der Waals surface area (Å²) in [5, 5.41) is 13.9. The van der Waals surface area contributed by atoms with Gasteiger partial charge in [-0.2, -0.15) is 0 Å². The number of nitro benzene ring substituents is 1. The van der Waals surface area contributed by atoms with E-state index in [1.807, 2.05) is 4.90 Å². The third-order valence-electron chi connectivity index (χ3n) is 4.61. The van der Waals surface area contributed by atoms with Crippen LogP contribution in [0.15, 0.2) is 18.2 Å². The summed E-state index contributed by atoms with van der Waals surface area (Å²) in [6.45, 7) is 6.93. The number of unbranched alkanes of at least 4 members (excludes halogenated alkanes) is 1. The van der Waals surface area contributed by atoms with Crippen molar-refractivity contribution in [1.29, 1.82) is 0 Å². The molecule has 2 amide bonds. The number of nitrogens with zero attached hydrogens (tertiary/aromatic N) is 3. The van der Waals surface area contributed by atoms with Crippen LogP contribution < -0.4 is 5.32 Å². The maximum atomic E-state index is 12.7. The highest BCUT2D eigenvalue weighted by Gasteiger charge is 2.26. The lowest BCUT2D eigenvalue weighted by Gasteiger charge is -2.34. The highest BCUT2D eigenvalue weighted by molar-refractivity contribution is 5.96. The zero-order valence-electron chi connectivity index (χ0n) is 15.4. The Morgan fingerprint density at radius 1 is 1.23 bits per heavy atom. The van der Waals surface area contributed by atoms with Gasteiger partial charge in [0, 0.05) is 49.9 Å². The predicted molar refractivity (Wildman–Crippen MR) is 98.1 cm³/mol. The number of hydrogen-bond acceptors (Lipinski definition) is 5. The van der Waals surface area contributed by atoms with Crippen LogP contribution in [0.5, 0.6) is 0 Å². The van der Waals surface area contributed by atoms with Gasteiger partial charge in [-0.25, -0.2) is 0 Å². The summed E-state index contributed by atoms with van der Waals surface area (Å²) in [5.74, 6) is -0.189. The minimum atomic E-state index is -0.471. The lowest BCUT2D eigenvalue weighted by molar-refractivity contribution is -0.385. The van der Waals surface area contributed by atoms with Gasteiger partial charge in [0.2, 0.25) is 5.91 Å². The third kappa shape index (κ3) is 5.01. The Labute approximate surface area is 153 Å². The van der Waals surface area contributed by atoms with E-state index in [0.717, 1.165) is 12.8 Å². The summed E-state index contributed by atoms with van der Waals surface area (Å²) in [7, 11) is 0. The number of amides is 2. The Bertz CT molecular complexity index is 669. The molecule has 1 aliphatic rings. The highest BCUT2D eigenvalue weighted by atomic mass is 16.6. The molecule has 1 aromatic carbocycles. The van der Waals surface area contributed by atoms with E-state index in [4.69, 9.17) is 0 Å². The van der Waals surface area contributed by atoms with Gasteiger partial charge in [0.05, 0.1) is 11.5 Å². The van der Waals surface area contributed by atoms with E-state index in [1.165, 1.54) is 12.1 Å². The summed E-state index contributed by atoms with van der Waals surface area (Å²) >= 11 is 0. The van der Waals surface area contributed by atoms with Crippen LogP contribution in [-0.4, -0.2) is 65.8 Å². The van der Waals surface area contributed by atoms with Crippen molar-refractivity contribution < 1.29 is 14.5 Å². The number of hydrogen-bond donors (Lipinski definition) is 1. The largest absolute Gasteiger partial charge is 0.355 e. The molecular formula is C18H26N4O4. The molecule has 0 saturated carbocycles. The SMILES string of the molecule is CCCCNC(=O)CN1CCN(C(=O)c2cccc([N+](=O)[O-])c2C)CC1. The Kier molecular flexibility index (Phi) is 7.08. The van der Waals surface area contributed by atoms with Crippen molar-refractivity contribution in [3.63, 3.8) is 0 Å². The van der Waals surface area contributed by atoms with E-state index in [9.17, 15) is 19.7 Å². The van der Waals surface area contributed by atoms with Gasteiger partial charge in [-0.3, -0.25) is 24.6 Å². The molecule has 0 radical (unpaired) electrons. The molecule has 0 aromatic heterocycles. The van der Waals surface area contributed by atoms with Crippen molar-refractivity contribution in [2.24, 2.45) is 0 Å². The van der Waals surface area contributed by atoms with Gasteiger partial charge in [0.1, 0.15) is 0 Å². The van der Waals surface area contributed by atoms with Crippen molar-refractivity contribution >= 4 is 17.5 Å². The molecule has 142 valence electrons. The number of piperazine rings is 1. The molecule has 0 unspecified atom stereocenters. The topological polar surface area (TPSA) is 95.8 Å². The predicted octanol–water partition coefficient (Wildman–Crippen LogP) is 1.58. The Balaban J connectivity index is 1.90. The number of nitro groups is 1. The number of carbonyl (C=O) groups excluding carboxylic acids is 2. The van der Waals surface area contributed by atoms with Crippen LogP contribution in [0.4, 0.5) is 5.69 Å². The fourth-order valence-corrected chi connectivity index (χ4v) is 3.00. The van der Waals surface area contributed by atoms with Crippen molar-refractivity contribution in [3.8, 4) is 0 Å². The zero-order chi connectivity index (χ0) is 19.1. The van der Waals surface area contributed by atoms with Crippen LogP contribution in [0.25, 0.3) is 0 Å². The van der Waals surface area contributed by atoms with Crippen LogP contribution in [0.3, 0.4) is 0 Å². The van der Waals surface area contributed by atoms with Crippen molar-refractivity contribution in [2.45, 2.75) is 26.7 Å². The van der Waals surface area contributed by atoms with Crippen LogP contribution in [-0.2, 0) is 4.79 Å². The number of benzene rings is 1. The fraction of sp³-hybridized carbons (Fsp3) is 0.556. The molecule has 8 heteroatoms. The van der Waals surface area contributed by atoms with E-state index >= 15 is 0 Å². The minimum absolute atomic E-state index is 0.00718. The van der Waals surface area contributed by atoms with E-state index < -0.39 is 4.92 Å². The summed E-state index contributed by atoms with van der Waals surface area (Å²) in [6, 6.07) is 4.56. The number of nitrogens with one attached hydrogen (secondary N) is 1. The fourth-order valence-electron chi connectivity index (χ4n) is 3.00. The first kappa shape index (κ1) is 19.8. The number of carbonyl (C=O) groups is 2. The molecule has 0 atom stereocenters. The monoisotopic (exact) mass is 362 g/mol. The standard InChI is InChI=1S/C18H26N4O4/c1-3-4-8-19-17(23)13-20-9-11-21(12-10-20)18(24)15-6-5-7-16(14(15)2)22(25)26/h5-7H,3-4,8-13H2,1-2H3,(H,19,23). The minimum Gasteiger partial charge on any atom is -0.355 e. The Morgan fingerprint density at radius 3 is 2.54 bits per heavy atom. The molecule has 0 spiro atoms. The van der Waals surface area contributed by atoms with Gasteiger partial charge in [-0.15, -0.1) is 0 Å². The highest BCUT2D eigenvalue weighted by Crippen LogP contribution is 2.22. The van der Waals surface area contributed by atoms with E-state index in [-0.39, 0.29) is 17.5 Å². The second-order valence-corrected chi connectivity index (χ2v) is 6.48. The summed E-state index contributed by atoms with van der Waals surface area (Å²) in [5.41, 5.74) is 0.712. The molecule has 26 heavy (non-hydrogen) atoms. The van der Waals surface area contributed by atoms with E-state index in [0.29, 0.717) is 50.4 Å². The van der Waals surface area contributed by atoms with Gasteiger partial charge in [-0.05, 0) is 19.4 Å². The molecule has 1 aliphatic heterocycles. The van der Waals surface area contributed by atoms with Crippen molar-refractivity contribution in [3.05, 3.63) is 39.4 Å². The molecule has 8 nitrogen and oxygen atoms in total. The maximum absolute atomic E-state index is 12.7. The van der Waals surface area contributed by atoms with Gasteiger partial charge in [0.15, 0.2) is 0 Å². The average Bonchev–Trinajstić information content (AvgIpc) is 2.62. The molecule has 1 heterocycles. The summed E-state index contributed by atoms with van der Waals surface area (Å²) < 4.78 is 0. The Morgan fingerprint density at radius 2 is 1.92 bits per heavy atom. The van der Waals surface area contributed by atoms with Crippen molar-refractivity contribution in [1.82, 2.24) is 15.1 Å². The maximum Gasteiger partial charge on any atom is 0.273 e. The van der Waals surface area contributed by atoms with E-state index in [2.05, 4.69) is 12.2 Å².